The molecular formula is C31H25N3O. The number of carbonyl (C=O) groups excluding carboxylic acids is 1. The zero-order chi connectivity index (χ0) is 23.6. The van der Waals surface area contributed by atoms with Gasteiger partial charge in [-0.1, -0.05) is 91.0 Å². The third-order valence-corrected chi connectivity index (χ3v) is 6.75. The van der Waals surface area contributed by atoms with E-state index < -0.39 is 0 Å². The van der Waals surface area contributed by atoms with E-state index in [-0.39, 0.29) is 5.91 Å². The molecule has 1 atom stereocenters. The van der Waals surface area contributed by atoms with Crippen LogP contribution in [-0.4, -0.2) is 33.9 Å². The number of likely N-dealkylation sites (tertiary alicyclic amines) is 1. The van der Waals surface area contributed by atoms with Gasteiger partial charge in [-0.05, 0) is 30.2 Å². The highest BCUT2D eigenvalue weighted by Crippen LogP contribution is 2.32. The maximum atomic E-state index is 13.4. The summed E-state index contributed by atoms with van der Waals surface area (Å²) in [7, 11) is 0. The Morgan fingerprint density at radius 2 is 1.26 bits per heavy atom. The van der Waals surface area contributed by atoms with Gasteiger partial charge in [0.15, 0.2) is 0 Å². The Bertz CT molecular complexity index is 1480. The van der Waals surface area contributed by atoms with Gasteiger partial charge in [0.2, 0.25) is 0 Å². The van der Waals surface area contributed by atoms with Crippen LogP contribution in [-0.2, 0) is 0 Å². The SMILES string of the molecule is O=C(c1ccc2nc(-c3ccccc3)c(-c3ccccc3)nc2c1)N1CCC(c2ccccc2)C1. The number of carbonyl (C=O) groups is 1. The van der Waals surface area contributed by atoms with E-state index in [1.165, 1.54) is 5.56 Å². The third kappa shape index (κ3) is 4.19. The Hall–Kier alpha value is -4.31. The first-order chi connectivity index (χ1) is 17.3. The predicted octanol–water partition coefficient (Wildman–Crippen LogP) is 6.59. The largest absolute Gasteiger partial charge is 0.338 e. The number of amides is 1. The van der Waals surface area contributed by atoms with Crippen molar-refractivity contribution in [2.24, 2.45) is 0 Å². The summed E-state index contributed by atoms with van der Waals surface area (Å²) in [6.07, 6.45) is 0.988. The molecule has 0 spiro atoms. The number of benzene rings is 4. The van der Waals surface area contributed by atoms with Crippen LogP contribution in [0.25, 0.3) is 33.5 Å². The molecule has 4 aromatic carbocycles. The van der Waals surface area contributed by atoms with Crippen LogP contribution in [0.3, 0.4) is 0 Å². The van der Waals surface area contributed by atoms with Crippen molar-refractivity contribution < 1.29 is 4.79 Å². The number of hydrogen-bond acceptors (Lipinski definition) is 3. The molecule has 0 N–H and O–H groups in total. The van der Waals surface area contributed by atoms with Crippen molar-refractivity contribution in [2.45, 2.75) is 12.3 Å². The molecule has 0 radical (unpaired) electrons. The molecule has 0 bridgehead atoms. The average Bonchev–Trinajstić information content (AvgIpc) is 3.43. The average molecular weight is 456 g/mol. The monoisotopic (exact) mass is 455 g/mol. The minimum Gasteiger partial charge on any atom is -0.338 e. The normalized spacial score (nSPS) is 15.4. The Balaban J connectivity index is 1.36. The zero-order valence-electron chi connectivity index (χ0n) is 19.3. The quantitative estimate of drug-likeness (QED) is 0.307. The van der Waals surface area contributed by atoms with E-state index in [0.29, 0.717) is 11.5 Å². The number of hydrogen-bond donors (Lipinski definition) is 0. The maximum absolute atomic E-state index is 13.4. The summed E-state index contributed by atoms with van der Waals surface area (Å²) in [5.41, 5.74) is 7.15. The number of aromatic nitrogens is 2. The van der Waals surface area contributed by atoms with E-state index in [0.717, 1.165) is 53.1 Å². The highest BCUT2D eigenvalue weighted by atomic mass is 16.2. The molecule has 4 heteroatoms. The van der Waals surface area contributed by atoms with Gasteiger partial charge in [-0.2, -0.15) is 0 Å². The lowest BCUT2D eigenvalue weighted by Gasteiger charge is -2.17. The van der Waals surface area contributed by atoms with E-state index in [2.05, 4.69) is 36.4 Å². The molecule has 6 rings (SSSR count). The van der Waals surface area contributed by atoms with E-state index in [1.807, 2.05) is 77.7 Å². The van der Waals surface area contributed by atoms with Crippen LogP contribution in [0, 0.1) is 0 Å². The van der Waals surface area contributed by atoms with Gasteiger partial charge in [-0.25, -0.2) is 9.97 Å². The first-order valence-electron chi connectivity index (χ1n) is 12.0. The summed E-state index contributed by atoms with van der Waals surface area (Å²) in [5.74, 6) is 0.444. The van der Waals surface area contributed by atoms with Crippen LogP contribution in [0.4, 0.5) is 0 Å². The fourth-order valence-electron chi connectivity index (χ4n) is 4.91. The molecule has 35 heavy (non-hydrogen) atoms. The van der Waals surface area contributed by atoms with Crippen LogP contribution in [0.15, 0.2) is 109 Å². The molecule has 1 aliphatic rings. The lowest BCUT2D eigenvalue weighted by atomic mass is 9.99. The maximum Gasteiger partial charge on any atom is 0.253 e. The second kappa shape index (κ2) is 9.15. The molecule has 1 fully saturated rings. The van der Waals surface area contributed by atoms with Crippen molar-refractivity contribution in [3.05, 3.63) is 120 Å². The molecular weight excluding hydrogens is 430 g/mol. The van der Waals surface area contributed by atoms with Crippen molar-refractivity contribution >= 4 is 16.9 Å². The molecule has 2 heterocycles. The van der Waals surface area contributed by atoms with Gasteiger partial charge in [0.05, 0.1) is 22.4 Å². The molecule has 0 saturated carbocycles. The fourth-order valence-corrected chi connectivity index (χ4v) is 4.91. The van der Waals surface area contributed by atoms with E-state index in [4.69, 9.17) is 9.97 Å². The van der Waals surface area contributed by atoms with Gasteiger partial charge < -0.3 is 4.90 Å². The molecule has 5 aromatic rings. The van der Waals surface area contributed by atoms with Gasteiger partial charge in [0.25, 0.3) is 5.91 Å². The zero-order valence-corrected chi connectivity index (χ0v) is 19.3. The van der Waals surface area contributed by atoms with Crippen LogP contribution >= 0.6 is 0 Å². The Morgan fingerprint density at radius 3 is 1.89 bits per heavy atom. The Morgan fingerprint density at radius 1 is 0.686 bits per heavy atom. The first-order valence-corrected chi connectivity index (χ1v) is 12.0. The lowest BCUT2D eigenvalue weighted by Crippen LogP contribution is -2.28. The summed E-state index contributed by atoms with van der Waals surface area (Å²) in [6, 6.07) is 36.4. The molecule has 1 aromatic heterocycles. The molecule has 1 aliphatic heterocycles. The molecule has 1 saturated heterocycles. The molecule has 4 nitrogen and oxygen atoms in total. The second-order valence-corrected chi connectivity index (χ2v) is 9.00. The van der Waals surface area contributed by atoms with Crippen LogP contribution in [0.5, 0.6) is 0 Å². The van der Waals surface area contributed by atoms with Crippen LogP contribution < -0.4 is 0 Å². The standard InChI is InChI=1S/C31H25N3O/c35-31(34-19-18-26(21-34)22-10-4-1-5-11-22)25-16-17-27-28(20-25)33-30(24-14-8-3-9-15-24)29(32-27)23-12-6-2-7-13-23/h1-17,20,26H,18-19,21H2. The van der Waals surface area contributed by atoms with E-state index >= 15 is 0 Å². The number of rotatable bonds is 4. The van der Waals surface area contributed by atoms with Gasteiger partial charge in [0, 0.05) is 35.7 Å². The summed E-state index contributed by atoms with van der Waals surface area (Å²) in [5, 5.41) is 0. The predicted molar refractivity (Wildman–Crippen MR) is 140 cm³/mol. The number of nitrogens with zero attached hydrogens (tertiary/aromatic N) is 3. The van der Waals surface area contributed by atoms with Crippen LogP contribution in [0.1, 0.15) is 28.3 Å². The molecule has 1 unspecified atom stereocenters. The van der Waals surface area contributed by atoms with Crippen molar-refractivity contribution in [3.8, 4) is 22.5 Å². The Kier molecular flexibility index (Phi) is 5.55. The minimum atomic E-state index is 0.0560. The summed E-state index contributed by atoms with van der Waals surface area (Å²) in [6.45, 7) is 1.51. The third-order valence-electron chi connectivity index (χ3n) is 6.75. The molecule has 0 aliphatic carbocycles. The van der Waals surface area contributed by atoms with E-state index in [1.54, 1.807) is 0 Å². The van der Waals surface area contributed by atoms with Gasteiger partial charge >= 0.3 is 0 Å². The Labute approximate surface area is 204 Å². The topological polar surface area (TPSA) is 46.1 Å². The van der Waals surface area contributed by atoms with Crippen molar-refractivity contribution in [1.82, 2.24) is 14.9 Å². The molecule has 1 amide bonds. The summed E-state index contributed by atoms with van der Waals surface area (Å²) < 4.78 is 0. The van der Waals surface area contributed by atoms with Crippen molar-refractivity contribution in [3.63, 3.8) is 0 Å². The second-order valence-electron chi connectivity index (χ2n) is 9.00. The van der Waals surface area contributed by atoms with Crippen LogP contribution in [0.2, 0.25) is 0 Å². The van der Waals surface area contributed by atoms with Gasteiger partial charge in [-0.3, -0.25) is 4.79 Å². The summed E-state index contributed by atoms with van der Waals surface area (Å²) in [4.78, 5) is 25.4. The number of fused-ring (bicyclic) bond motifs is 1. The molecule has 170 valence electrons. The van der Waals surface area contributed by atoms with Crippen molar-refractivity contribution in [2.75, 3.05) is 13.1 Å². The smallest absolute Gasteiger partial charge is 0.253 e. The minimum absolute atomic E-state index is 0.0560. The van der Waals surface area contributed by atoms with E-state index in [9.17, 15) is 4.79 Å². The van der Waals surface area contributed by atoms with Crippen molar-refractivity contribution in [1.29, 1.82) is 0 Å². The lowest BCUT2D eigenvalue weighted by molar-refractivity contribution is 0.0791. The van der Waals surface area contributed by atoms with Gasteiger partial charge in [-0.15, -0.1) is 0 Å². The summed E-state index contributed by atoms with van der Waals surface area (Å²) >= 11 is 0. The highest BCUT2D eigenvalue weighted by Gasteiger charge is 2.28. The van der Waals surface area contributed by atoms with Gasteiger partial charge in [0.1, 0.15) is 0 Å². The highest BCUT2D eigenvalue weighted by molar-refractivity contribution is 5.98. The fraction of sp³-hybridized carbons (Fsp3) is 0.129. The first kappa shape index (κ1) is 21.2.